The van der Waals surface area contributed by atoms with Gasteiger partial charge in [0.1, 0.15) is 0 Å². The van der Waals surface area contributed by atoms with Crippen LogP contribution in [0.4, 0.5) is 0 Å². The number of halogens is 1. The zero-order valence-electron chi connectivity index (χ0n) is 12.4. The topological polar surface area (TPSA) is 3.24 Å². The summed E-state index contributed by atoms with van der Waals surface area (Å²) in [5, 5.41) is 1.12. The van der Waals surface area contributed by atoms with Crippen LogP contribution in [0.15, 0.2) is 0 Å². The molecule has 2 heteroatoms. The largest absolute Gasteiger partial charge is 0.303 e. The second-order valence-corrected chi connectivity index (χ2v) is 7.83. The van der Waals surface area contributed by atoms with Gasteiger partial charge < -0.3 is 4.90 Å². The van der Waals surface area contributed by atoms with E-state index < -0.39 is 0 Å². The average Bonchev–Trinajstić information content (AvgIpc) is 2.27. The molecule has 17 heavy (non-hydrogen) atoms. The van der Waals surface area contributed by atoms with E-state index >= 15 is 0 Å². The van der Waals surface area contributed by atoms with Crippen LogP contribution in [0.25, 0.3) is 0 Å². The fourth-order valence-corrected chi connectivity index (χ4v) is 3.67. The lowest BCUT2D eigenvalue weighted by atomic mass is 9.77. The molecular weight excluding hydrogens is 274 g/mol. The quantitative estimate of drug-likeness (QED) is 0.688. The molecule has 102 valence electrons. The Morgan fingerprint density at radius 2 is 1.76 bits per heavy atom. The molecule has 0 N–H and O–H groups in total. The molecule has 1 heterocycles. The molecule has 0 aromatic carbocycles. The van der Waals surface area contributed by atoms with Gasteiger partial charge in [-0.1, -0.05) is 57.0 Å². The summed E-state index contributed by atoms with van der Waals surface area (Å²) in [5.41, 5.74) is 1.02. The molecule has 1 atom stereocenters. The number of likely N-dealkylation sites (tertiary alicyclic amines) is 1. The molecule has 1 aliphatic heterocycles. The van der Waals surface area contributed by atoms with Crippen LogP contribution in [-0.2, 0) is 0 Å². The predicted molar refractivity (Wildman–Crippen MR) is 80.8 cm³/mol. The molecule has 0 aromatic heterocycles. The highest BCUT2D eigenvalue weighted by atomic mass is 79.9. The van der Waals surface area contributed by atoms with E-state index in [0.29, 0.717) is 10.8 Å². The van der Waals surface area contributed by atoms with Crippen molar-refractivity contribution in [2.75, 3.05) is 25.0 Å². The van der Waals surface area contributed by atoms with Crippen molar-refractivity contribution in [1.29, 1.82) is 0 Å². The lowest BCUT2D eigenvalue weighted by Crippen LogP contribution is -2.43. The Hall–Kier alpha value is 0.440. The number of alkyl halides is 1. The maximum absolute atomic E-state index is 3.69. The molecule has 1 aliphatic rings. The molecule has 0 bridgehead atoms. The summed E-state index contributed by atoms with van der Waals surface area (Å²) in [7, 11) is 0. The van der Waals surface area contributed by atoms with Crippen molar-refractivity contribution in [1.82, 2.24) is 4.90 Å². The van der Waals surface area contributed by atoms with Gasteiger partial charge in [-0.3, -0.25) is 0 Å². The third kappa shape index (κ3) is 4.55. The Labute approximate surface area is 116 Å². The van der Waals surface area contributed by atoms with Crippen molar-refractivity contribution in [3.05, 3.63) is 0 Å². The van der Waals surface area contributed by atoms with E-state index in [-0.39, 0.29) is 0 Å². The number of piperidine rings is 1. The van der Waals surface area contributed by atoms with E-state index in [1.807, 2.05) is 0 Å². The summed E-state index contributed by atoms with van der Waals surface area (Å²) >= 11 is 3.69. The molecule has 1 saturated heterocycles. The van der Waals surface area contributed by atoms with Gasteiger partial charge in [0.15, 0.2) is 0 Å². The van der Waals surface area contributed by atoms with Gasteiger partial charge in [-0.25, -0.2) is 0 Å². The summed E-state index contributed by atoms with van der Waals surface area (Å²) < 4.78 is 0. The maximum Gasteiger partial charge on any atom is 0.00768 e. The highest BCUT2D eigenvalue weighted by molar-refractivity contribution is 9.09. The van der Waals surface area contributed by atoms with Crippen LogP contribution >= 0.6 is 15.9 Å². The first-order valence-corrected chi connectivity index (χ1v) is 8.21. The summed E-state index contributed by atoms with van der Waals surface area (Å²) in [6.07, 6.45) is 4.09. The third-order valence-electron chi connectivity index (χ3n) is 4.81. The maximum atomic E-state index is 3.69. The van der Waals surface area contributed by atoms with Gasteiger partial charge in [0.25, 0.3) is 0 Å². The normalized spacial score (nSPS) is 23.6. The zero-order valence-corrected chi connectivity index (χ0v) is 13.9. The molecular formula is C15H30BrN. The van der Waals surface area contributed by atoms with E-state index in [1.165, 1.54) is 38.9 Å². The Morgan fingerprint density at radius 1 is 1.24 bits per heavy atom. The van der Waals surface area contributed by atoms with Crippen molar-refractivity contribution < 1.29 is 0 Å². The van der Waals surface area contributed by atoms with Crippen molar-refractivity contribution in [2.45, 2.75) is 53.9 Å². The van der Waals surface area contributed by atoms with Gasteiger partial charge in [0.05, 0.1) is 0 Å². The summed E-state index contributed by atoms with van der Waals surface area (Å²) in [6.45, 7) is 15.7. The minimum atomic E-state index is 0.412. The lowest BCUT2D eigenvalue weighted by molar-refractivity contribution is 0.0842. The predicted octanol–water partition coefficient (Wildman–Crippen LogP) is 4.56. The smallest absolute Gasteiger partial charge is 0.00768 e. The number of hydrogen-bond donors (Lipinski definition) is 0. The first-order valence-electron chi connectivity index (χ1n) is 7.09. The molecule has 1 unspecified atom stereocenters. The third-order valence-corrected chi connectivity index (χ3v) is 5.59. The molecule has 0 saturated carbocycles. The van der Waals surface area contributed by atoms with Crippen LogP contribution in [0.5, 0.6) is 0 Å². The molecule has 0 spiro atoms. The van der Waals surface area contributed by atoms with Crippen molar-refractivity contribution in [3.8, 4) is 0 Å². The van der Waals surface area contributed by atoms with Crippen molar-refractivity contribution in [2.24, 2.45) is 16.7 Å². The fourth-order valence-electron chi connectivity index (χ4n) is 2.49. The van der Waals surface area contributed by atoms with Crippen LogP contribution in [0.1, 0.15) is 53.9 Å². The van der Waals surface area contributed by atoms with E-state index in [4.69, 9.17) is 0 Å². The number of rotatable bonds is 4. The molecule has 0 radical (unpaired) electrons. The minimum absolute atomic E-state index is 0.412. The molecule has 0 amide bonds. The average molecular weight is 304 g/mol. The Morgan fingerprint density at radius 3 is 2.12 bits per heavy atom. The van der Waals surface area contributed by atoms with Crippen LogP contribution in [0.3, 0.4) is 0 Å². The fraction of sp³-hybridized carbons (Fsp3) is 1.00. The van der Waals surface area contributed by atoms with Crippen LogP contribution in [0.2, 0.25) is 0 Å². The first-order chi connectivity index (χ1) is 7.80. The second kappa shape index (κ2) is 6.06. The highest BCUT2D eigenvalue weighted by Crippen LogP contribution is 2.35. The van der Waals surface area contributed by atoms with Gasteiger partial charge in [-0.15, -0.1) is 0 Å². The van der Waals surface area contributed by atoms with Gasteiger partial charge in [0, 0.05) is 11.9 Å². The minimum Gasteiger partial charge on any atom is -0.303 e. The Balaban J connectivity index is 2.45. The number of hydrogen-bond acceptors (Lipinski definition) is 1. The van der Waals surface area contributed by atoms with E-state index in [1.54, 1.807) is 0 Å². The van der Waals surface area contributed by atoms with Gasteiger partial charge in [-0.05, 0) is 42.7 Å². The Bertz CT molecular complexity index is 224. The number of nitrogens with zero attached hydrogens (tertiary/aromatic N) is 1. The molecule has 1 nitrogen and oxygen atoms in total. The van der Waals surface area contributed by atoms with Gasteiger partial charge >= 0.3 is 0 Å². The molecule has 0 aliphatic carbocycles. The van der Waals surface area contributed by atoms with Gasteiger partial charge in [-0.2, -0.15) is 0 Å². The molecule has 1 rings (SSSR count). The Kier molecular flexibility index (Phi) is 5.52. The van der Waals surface area contributed by atoms with E-state index in [2.05, 4.69) is 55.4 Å². The second-order valence-electron chi connectivity index (χ2n) is 7.18. The lowest BCUT2D eigenvalue weighted by Gasteiger charge is -2.42. The highest BCUT2D eigenvalue weighted by Gasteiger charge is 2.31. The van der Waals surface area contributed by atoms with Crippen LogP contribution in [-0.4, -0.2) is 29.9 Å². The first kappa shape index (κ1) is 15.5. The summed E-state index contributed by atoms with van der Waals surface area (Å²) in [5.74, 6) is 0.758. The SMILES string of the molecule is CCC1(C)CCN(CC(CBr)C(C)(C)C)CC1. The molecule has 0 aromatic rings. The summed E-state index contributed by atoms with van der Waals surface area (Å²) in [6, 6.07) is 0. The van der Waals surface area contributed by atoms with Crippen LogP contribution < -0.4 is 0 Å². The van der Waals surface area contributed by atoms with Crippen molar-refractivity contribution >= 4 is 15.9 Å². The monoisotopic (exact) mass is 303 g/mol. The zero-order chi connectivity index (χ0) is 13.1. The van der Waals surface area contributed by atoms with Gasteiger partial charge in [0.2, 0.25) is 0 Å². The van der Waals surface area contributed by atoms with Crippen molar-refractivity contribution in [3.63, 3.8) is 0 Å². The summed E-state index contributed by atoms with van der Waals surface area (Å²) in [4.78, 5) is 2.68. The van der Waals surface area contributed by atoms with Crippen LogP contribution in [0, 0.1) is 16.7 Å². The molecule has 1 fully saturated rings. The van der Waals surface area contributed by atoms with E-state index in [9.17, 15) is 0 Å². The standard InChI is InChI=1S/C15H30BrN/c1-6-15(5)7-9-17(10-8-15)12-13(11-16)14(2,3)4/h13H,6-12H2,1-5H3. The van der Waals surface area contributed by atoms with E-state index in [0.717, 1.165) is 11.2 Å².